The van der Waals surface area contributed by atoms with Crippen molar-refractivity contribution in [2.75, 3.05) is 23.9 Å². The predicted molar refractivity (Wildman–Crippen MR) is 205 cm³/mol. The number of nitrogens with zero attached hydrogens (tertiary/aromatic N) is 1. The van der Waals surface area contributed by atoms with Gasteiger partial charge >= 0.3 is 0 Å². The summed E-state index contributed by atoms with van der Waals surface area (Å²) in [5.41, 5.74) is 11.7. The van der Waals surface area contributed by atoms with E-state index in [4.69, 9.17) is 22.1 Å². The lowest BCUT2D eigenvalue weighted by Gasteiger charge is -2.35. The zero-order valence-corrected chi connectivity index (χ0v) is 29.5. The van der Waals surface area contributed by atoms with Gasteiger partial charge in [0.15, 0.2) is 0 Å². The van der Waals surface area contributed by atoms with E-state index in [0.717, 1.165) is 40.1 Å². The molecule has 5 aromatic carbocycles. The Morgan fingerprint density at radius 1 is 0.784 bits per heavy atom. The normalized spacial score (nSPS) is 12.7. The Kier molecular flexibility index (Phi) is 13.6. The largest absolute Gasteiger partial charge is 0.496 e. The molecule has 0 aromatic heterocycles. The number of aliphatic hydroxyl groups is 1. The van der Waals surface area contributed by atoms with Gasteiger partial charge in [0.05, 0.1) is 25.8 Å². The second kappa shape index (κ2) is 18.7. The Morgan fingerprint density at radius 3 is 2.08 bits per heavy atom. The molecule has 264 valence electrons. The highest BCUT2D eigenvalue weighted by molar-refractivity contribution is 6.30. The summed E-state index contributed by atoms with van der Waals surface area (Å²) in [5.74, 6) is 0.0514. The average Bonchev–Trinajstić information content (AvgIpc) is 3.17. The Balaban J connectivity index is 1.34. The van der Waals surface area contributed by atoms with Crippen LogP contribution in [0.4, 0.5) is 11.4 Å². The number of methoxy groups -OCH3 is 1. The molecule has 3 unspecified atom stereocenters. The third-order valence-electron chi connectivity index (χ3n) is 8.83. The first-order valence-corrected chi connectivity index (χ1v) is 17.5. The summed E-state index contributed by atoms with van der Waals surface area (Å²) in [5, 5.41) is 15.9. The second-order valence-corrected chi connectivity index (χ2v) is 12.9. The first kappa shape index (κ1) is 37.1. The molecule has 5 N–H and O–H groups in total. The molecular weight excluding hydrogens is 660 g/mol. The third kappa shape index (κ3) is 10.4. The number of amides is 2. The van der Waals surface area contributed by atoms with Crippen molar-refractivity contribution in [1.29, 1.82) is 0 Å². The molecule has 0 spiro atoms. The van der Waals surface area contributed by atoms with Crippen molar-refractivity contribution in [3.63, 3.8) is 0 Å². The van der Waals surface area contributed by atoms with Crippen LogP contribution in [0.1, 0.15) is 47.6 Å². The molecule has 0 saturated heterocycles. The van der Waals surface area contributed by atoms with E-state index in [0.29, 0.717) is 36.5 Å². The number of anilines is 2. The molecule has 2 amide bonds. The molecule has 8 nitrogen and oxygen atoms in total. The van der Waals surface area contributed by atoms with Crippen molar-refractivity contribution in [3.8, 4) is 5.75 Å². The lowest BCUT2D eigenvalue weighted by molar-refractivity contribution is -0.127. The van der Waals surface area contributed by atoms with Gasteiger partial charge in [0.1, 0.15) is 11.8 Å². The van der Waals surface area contributed by atoms with Gasteiger partial charge in [-0.25, -0.2) is 0 Å². The average molecular weight is 705 g/mol. The molecule has 5 rings (SSSR count). The number of ether oxygens (including phenoxy) is 1. The number of hydrogen-bond acceptors (Lipinski definition) is 6. The first-order valence-electron chi connectivity index (χ1n) is 17.2. The Bertz CT molecular complexity index is 1820. The summed E-state index contributed by atoms with van der Waals surface area (Å²) in [4.78, 5) is 29.4. The van der Waals surface area contributed by atoms with Crippen LogP contribution in [0.25, 0.3) is 0 Å². The molecule has 5 aromatic rings. The first-order chi connectivity index (χ1) is 24.9. The van der Waals surface area contributed by atoms with Gasteiger partial charge in [0.2, 0.25) is 11.8 Å². The highest BCUT2D eigenvalue weighted by Crippen LogP contribution is 2.37. The van der Waals surface area contributed by atoms with Gasteiger partial charge in [-0.05, 0) is 84.8 Å². The van der Waals surface area contributed by atoms with Gasteiger partial charge in [0.25, 0.3) is 0 Å². The van der Waals surface area contributed by atoms with Gasteiger partial charge in [-0.1, -0.05) is 103 Å². The molecule has 0 aliphatic heterocycles. The monoisotopic (exact) mass is 704 g/mol. The van der Waals surface area contributed by atoms with Crippen LogP contribution in [0, 0.1) is 0 Å². The Morgan fingerprint density at radius 2 is 1.41 bits per heavy atom. The van der Waals surface area contributed by atoms with Gasteiger partial charge < -0.3 is 31.1 Å². The molecule has 0 radical (unpaired) electrons. The van der Waals surface area contributed by atoms with Crippen LogP contribution < -0.4 is 26.0 Å². The van der Waals surface area contributed by atoms with E-state index in [1.165, 1.54) is 0 Å². The lowest BCUT2D eigenvalue weighted by Crippen LogP contribution is -2.50. The van der Waals surface area contributed by atoms with Crippen molar-refractivity contribution < 1.29 is 19.4 Å². The van der Waals surface area contributed by atoms with Crippen LogP contribution in [0.15, 0.2) is 133 Å². The van der Waals surface area contributed by atoms with Gasteiger partial charge in [-0.15, -0.1) is 0 Å². The second-order valence-electron chi connectivity index (χ2n) is 12.4. The van der Waals surface area contributed by atoms with Crippen LogP contribution in [-0.2, 0) is 22.6 Å². The Labute approximate surface area is 305 Å². The van der Waals surface area contributed by atoms with Gasteiger partial charge in [-0.2, -0.15) is 0 Å². The number of nitrogens with one attached hydrogen (secondary N) is 2. The molecule has 51 heavy (non-hydrogen) atoms. The smallest absolute Gasteiger partial charge is 0.246 e. The number of nitrogens with two attached hydrogens (primary N) is 1. The zero-order chi connectivity index (χ0) is 36.0. The SMILES string of the molecule is COc1ccccc1C(c1ccccc1)N(CCCCC(NC(=O)C(N)Cc1ccc(Cl)cc1)C(=O)Nc1ccc(CO)cc1)c1ccccc1. The van der Waals surface area contributed by atoms with E-state index in [1.807, 2.05) is 66.7 Å². The molecule has 3 atom stereocenters. The quantitative estimate of drug-likeness (QED) is 0.0755. The van der Waals surface area contributed by atoms with E-state index in [-0.39, 0.29) is 18.6 Å². The number of aliphatic hydroxyl groups excluding tert-OH is 1. The van der Waals surface area contributed by atoms with Crippen LogP contribution in [-0.4, -0.2) is 42.7 Å². The minimum atomic E-state index is -0.855. The standard InChI is InChI=1S/C42H45ClN4O4/c1-51-39-18-9-8-16-36(39)40(32-12-4-2-5-13-32)47(35-14-6-3-7-15-35)27-11-10-17-38(42(50)45-34-25-21-31(29-48)22-26-34)46-41(49)37(44)28-30-19-23-33(43)24-20-30/h2-9,12-16,18-26,37-38,40,48H,10-11,17,27-29,44H2,1H3,(H,45,50)(H,46,49). The number of carbonyl (C=O) groups is 2. The Hall–Kier alpha value is -5.15. The number of hydrogen-bond donors (Lipinski definition) is 4. The number of unbranched alkanes of at least 4 members (excludes halogenated alkanes) is 1. The van der Waals surface area contributed by atoms with Crippen molar-refractivity contribution >= 4 is 34.8 Å². The number of rotatable bonds is 17. The van der Waals surface area contributed by atoms with E-state index in [2.05, 4.69) is 45.9 Å². The zero-order valence-electron chi connectivity index (χ0n) is 28.8. The van der Waals surface area contributed by atoms with Crippen LogP contribution in [0.2, 0.25) is 5.02 Å². The predicted octanol–water partition coefficient (Wildman–Crippen LogP) is 7.30. The van der Waals surface area contributed by atoms with E-state index in [1.54, 1.807) is 43.5 Å². The summed E-state index contributed by atoms with van der Waals surface area (Å²) >= 11 is 6.03. The van der Waals surface area contributed by atoms with Crippen molar-refractivity contribution in [2.45, 2.75) is 50.4 Å². The van der Waals surface area contributed by atoms with Gasteiger partial charge in [0, 0.05) is 28.5 Å². The fraction of sp³-hybridized carbons (Fsp3) is 0.238. The maximum Gasteiger partial charge on any atom is 0.246 e. The number of para-hydroxylation sites is 2. The fourth-order valence-corrected chi connectivity index (χ4v) is 6.28. The summed E-state index contributed by atoms with van der Waals surface area (Å²) in [6.45, 7) is 0.573. The number of benzene rings is 5. The van der Waals surface area contributed by atoms with Gasteiger partial charge in [-0.3, -0.25) is 9.59 Å². The highest BCUT2D eigenvalue weighted by atomic mass is 35.5. The summed E-state index contributed by atoms with van der Waals surface area (Å²) in [6.07, 6.45) is 2.07. The number of halogens is 1. The summed E-state index contributed by atoms with van der Waals surface area (Å²) in [6, 6.07) is 41.0. The van der Waals surface area contributed by atoms with E-state index >= 15 is 0 Å². The molecule has 0 fully saturated rings. The topological polar surface area (TPSA) is 117 Å². The number of carbonyl (C=O) groups excluding carboxylic acids is 2. The summed E-state index contributed by atoms with van der Waals surface area (Å²) in [7, 11) is 1.69. The molecular formula is C42H45ClN4O4. The van der Waals surface area contributed by atoms with Crippen LogP contribution in [0.5, 0.6) is 5.75 Å². The van der Waals surface area contributed by atoms with Crippen molar-refractivity contribution in [2.24, 2.45) is 5.73 Å². The maximum absolute atomic E-state index is 13.7. The van der Waals surface area contributed by atoms with Crippen LogP contribution in [0.3, 0.4) is 0 Å². The summed E-state index contributed by atoms with van der Waals surface area (Å²) < 4.78 is 5.84. The van der Waals surface area contributed by atoms with Crippen molar-refractivity contribution in [1.82, 2.24) is 5.32 Å². The molecule has 0 aliphatic rings. The van der Waals surface area contributed by atoms with Crippen LogP contribution >= 0.6 is 11.6 Å². The maximum atomic E-state index is 13.7. The molecule has 0 bridgehead atoms. The fourth-order valence-electron chi connectivity index (χ4n) is 6.15. The van der Waals surface area contributed by atoms with E-state index < -0.39 is 18.0 Å². The molecule has 9 heteroatoms. The molecule has 0 saturated carbocycles. The molecule has 0 aliphatic carbocycles. The van der Waals surface area contributed by atoms with E-state index in [9.17, 15) is 14.7 Å². The lowest BCUT2D eigenvalue weighted by atomic mass is 9.95. The minimum absolute atomic E-state index is 0.0966. The van der Waals surface area contributed by atoms with Crippen molar-refractivity contribution in [3.05, 3.63) is 161 Å². The minimum Gasteiger partial charge on any atom is -0.496 e. The third-order valence-corrected chi connectivity index (χ3v) is 9.08. The molecule has 0 heterocycles. The highest BCUT2D eigenvalue weighted by Gasteiger charge is 2.27.